The smallest absolute Gasteiger partial charge is 0.0480 e. The average molecular weight is 184 g/mol. The molecule has 0 radical (unpaired) electrons. The molecule has 0 aliphatic heterocycles. The van der Waals surface area contributed by atoms with E-state index in [2.05, 4.69) is 58.8 Å². The SMILES string of the molecule is CC(C)N=CC(C)(C)NC(C)(C)C. The standard InChI is InChI=1S/C11H24N2/c1-9(2)12-8-11(6,7)13-10(3,4)5/h8-9,13H,1-7H3. The van der Waals surface area contributed by atoms with E-state index in [-0.39, 0.29) is 11.1 Å². The Bertz CT molecular complexity index is 173. The van der Waals surface area contributed by atoms with Gasteiger partial charge in [-0.25, -0.2) is 0 Å². The van der Waals surface area contributed by atoms with Gasteiger partial charge in [-0.1, -0.05) is 0 Å². The van der Waals surface area contributed by atoms with Crippen LogP contribution in [0.3, 0.4) is 0 Å². The number of hydrogen-bond donors (Lipinski definition) is 1. The molecule has 0 aromatic carbocycles. The van der Waals surface area contributed by atoms with Gasteiger partial charge in [0.15, 0.2) is 0 Å². The molecule has 13 heavy (non-hydrogen) atoms. The number of nitrogens with zero attached hydrogens (tertiary/aromatic N) is 1. The molecule has 0 saturated carbocycles. The summed E-state index contributed by atoms with van der Waals surface area (Å²) in [5.74, 6) is 0. The fourth-order valence-corrected chi connectivity index (χ4v) is 1.33. The second-order valence-electron chi connectivity index (χ2n) is 5.47. The molecule has 0 spiro atoms. The number of aliphatic imine (C=N–C) groups is 1. The maximum atomic E-state index is 4.39. The molecule has 1 N–H and O–H groups in total. The highest BCUT2D eigenvalue weighted by Gasteiger charge is 2.21. The minimum absolute atomic E-state index is 0.0253. The second-order valence-corrected chi connectivity index (χ2v) is 5.47. The highest BCUT2D eigenvalue weighted by atomic mass is 15.0. The van der Waals surface area contributed by atoms with E-state index in [0.29, 0.717) is 6.04 Å². The first-order chi connectivity index (χ1) is 5.62. The first kappa shape index (κ1) is 12.6. The first-order valence-electron chi connectivity index (χ1n) is 4.96. The van der Waals surface area contributed by atoms with Crippen molar-refractivity contribution < 1.29 is 0 Å². The van der Waals surface area contributed by atoms with Crippen LogP contribution in [0, 0.1) is 0 Å². The van der Waals surface area contributed by atoms with Crippen LogP contribution in [0.1, 0.15) is 48.5 Å². The maximum absolute atomic E-state index is 4.39. The van der Waals surface area contributed by atoms with Crippen LogP contribution in [0.5, 0.6) is 0 Å². The quantitative estimate of drug-likeness (QED) is 0.670. The van der Waals surface area contributed by atoms with E-state index < -0.39 is 0 Å². The van der Waals surface area contributed by atoms with E-state index in [1.165, 1.54) is 0 Å². The summed E-state index contributed by atoms with van der Waals surface area (Å²) in [6.07, 6.45) is 2.00. The highest BCUT2D eigenvalue weighted by Crippen LogP contribution is 2.08. The van der Waals surface area contributed by atoms with Crippen LogP contribution in [0.4, 0.5) is 0 Å². The average Bonchev–Trinajstić information content (AvgIpc) is 1.78. The lowest BCUT2D eigenvalue weighted by molar-refractivity contribution is 0.349. The molecule has 0 amide bonds. The van der Waals surface area contributed by atoms with Gasteiger partial charge >= 0.3 is 0 Å². The summed E-state index contributed by atoms with van der Waals surface area (Å²) in [5, 5.41) is 3.50. The molecule has 0 atom stereocenters. The van der Waals surface area contributed by atoms with Gasteiger partial charge in [-0.15, -0.1) is 0 Å². The Kier molecular flexibility index (Phi) is 4.11. The van der Waals surface area contributed by atoms with Crippen molar-refractivity contribution in [1.29, 1.82) is 0 Å². The van der Waals surface area contributed by atoms with Gasteiger partial charge in [0, 0.05) is 23.3 Å². The van der Waals surface area contributed by atoms with Crippen molar-refractivity contribution in [2.75, 3.05) is 0 Å². The van der Waals surface area contributed by atoms with E-state index in [1.807, 2.05) is 6.21 Å². The van der Waals surface area contributed by atoms with Crippen LogP contribution in [-0.4, -0.2) is 23.3 Å². The topological polar surface area (TPSA) is 24.4 Å². The van der Waals surface area contributed by atoms with Gasteiger partial charge in [0.2, 0.25) is 0 Å². The molecule has 0 aromatic rings. The van der Waals surface area contributed by atoms with Gasteiger partial charge < -0.3 is 5.32 Å². The monoisotopic (exact) mass is 184 g/mol. The molecule has 2 nitrogen and oxygen atoms in total. The summed E-state index contributed by atoms with van der Waals surface area (Å²) >= 11 is 0. The van der Waals surface area contributed by atoms with Crippen LogP contribution in [0.25, 0.3) is 0 Å². The molecule has 2 heteroatoms. The molecule has 0 fully saturated rings. The largest absolute Gasteiger partial charge is 0.302 e. The van der Waals surface area contributed by atoms with Crippen LogP contribution in [0.15, 0.2) is 4.99 Å². The third-order valence-electron chi connectivity index (χ3n) is 1.39. The fraction of sp³-hybridized carbons (Fsp3) is 0.909. The number of rotatable bonds is 3. The Labute approximate surface area is 82.8 Å². The van der Waals surface area contributed by atoms with Crippen molar-refractivity contribution >= 4 is 6.21 Å². The van der Waals surface area contributed by atoms with E-state index >= 15 is 0 Å². The first-order valence-corrected chi connectivity index (χ1v) is 4.96. The lowest BCUT2D eigenvalue weighted by Crippen LogP contribution is -2.51. The minimum Gasteiger partial charge on any atom is -0.302 e. The Hall–Kier alpha value is -0.370. The van der Waals surface area contributed by atoms with Crippen LogP contribution < -0.4 is 5.32 Å². The van der Waals surface area contributed by atoms with Gasteiger partial charge in [-0.3, -0.25) is 4.99 Å². The summed E-state index contributed by atoms with van der Waals surface area (Å²) in [6, 6.07) is 0.376. The summed E-state index contributed by atoms with van der Waals surface area (Å²) in [5.41, 5.74) is 0.106. The second kappa shape index (κ2) is 4.23. The molecule has 0 saturated heterocycles. The van der Waals surface area contributed by atoms with Crippen molar-refractivity contribution in [1.82, 2.24) is 5.32 Å². The number of hydrogen-bond acceptors (Lipinski definition) is 2. The predicted octanol–water partition coefficient (Wildman–Crippen LogP) is 2.63. The van der Waals surface area contributed by atoms with Crippen molar-refractivity contribution in [3.05, 3.63) is 0 Å². The van der Waals surface area contributed by atoms with Crippen LogP contribution in [0.2, 0.25) is 0 Å². The zero-order valence-electron chi connectivity index (χ0n) is 10.1. The Morgan fingerprint density at radius 2 is 1.54 bits per heavy atom. The maximum Gasteiger partial charge on any atom is 0.0480 e. The zero-order valence-corrected chi connectivity index (χ0v) is 10.1. The molecule has 0 unspecified atom stereocenters. The Balaban J connectivity index is 4.24. The number of nitrogens with one attached hydrogen (secondary N) is 1. The minimum atomic E-state index is -0.0253. The normalized spacial score (nSPS) is 14.5. The third kappa shape index (κ3) is 7.97. The van der Waals surface area contributed by atoms with Crippen molar-refractivity contribution in [2.24, 2.45) is 4.99 Å². The van der Waals surface area contributed by atoms with E-state index in [4.69, 9.17) is 0 Å². The zero-order chi connectivity index (χ0) is 10.7. The summed E-state index contributed by atoms with van der Waals surface area (Å²) in [6.45, 7) is 15.0. The molecule has 0 rings (SSSR count). The molecule has 0 aliphatic carbocycles. The summed E-state index contributed by atoms with van der Waals surface area (Å²) in [7, 11) is 0. The lowest BCUT2D eigenvalue weighted by atomic mass is 10.00. The molecular formula is C11H24N2. The molecule has 0 aromatic heterocycles. The summed E-state index contributed by atoms with van der Waals surface area (Å²) < 4.78 is 0. The fourth-order valence-electron chi connectivity index (χ4n) is 1.33. The van der Waals surface area contributed by atoms with Crippen LogP contribution >= 0.6 is 0 Å². The third-order valence-corrected chi connectivity index (χ3v) is 1.39. The van der Waals surface area contributed by atoms with Gasteiger partial charge in [0.05, 0.1) is 0 Å². The van der Waals surface area contributed by atoms with Gasteiger partial charge in [0.1, 0.15) is 0 Å². The van der Waals surface area contributed by atoms with E-state index in [0.717, 1.165) is 0 Å². The Morgan fingerprint density at radius 1 is 1.08 bits per heavy atom. The van der Waals surface area contributed by atoms with Gasteiger partial charge in [-0.05, 0) is 48.5 Å². The van der Waals surface area contributed by atoms with Crippen molar-refractivity contribution in [3.8, 4) is 0 Å². The van der Waals surface area contributed by atoms with Crippen molar-refractivity contribution in [2.45, 2.75) is 65.6 Å². The van der Waals surface area contributed by atoms with Gasteiger partial charge in [-0.2, -0.15) is 0 Å². The van der Waals surface area contributed by atoms with Crippen molar-refractivity contribution in [3.63, 3.8) is 0 Å². The molecule has 0 bridgehead atoms. The molecule has 78 valence electrons. The predicted molar refractivity (Wildman–Crippen MR) is 60.6 cm³/mol. The van der Waals surface area contributed by atoms with E-state index in [1.54, 1.807) is 0 Å². The van der Waals surface area contributed by atoms with E-state index in [9.17, 15) is 0 Å². The molecule has 0 heterocycles. The van der Waals surface area contributed by atoms with Crippen LogP contribution in [-0.2, 0) is 0 Å². The lowest BCUT2D eigenvalue weighted by Gasteiger charge is -2.32. The highest BCUT2D eigenvalue weighted by molar-refractivity contribution is 5.69. The van der Waals surface area contributed by atoms with Gasteiger partial charge in [0.25, 0.3) is 0 Å². The molecule has 0 aliphatic rings. The summed E-state index contributed by atoms with van der Waals surface area (Å²) in [4.78, 5) is 4.39. The molecular weight excluding hydrogens is 160 g/mol. The Morgan fingerprint density at radius 3 is 1.85 bits per heavy atom.